The van der Waals surface area contributed by atoms with Gasteiger partial charge in [0.25, 0.3) is 11.8 Å². The van der Waals surface area contributed by atoms with Gasteiger partial charge in [0.15, 0.2) is 0 Å². The summed E-state index contributed by atoms with van der Waals surface area (Å²) in [6.07, 6.45) is 1.97. The van der Waals surface area contributed by atoms with Gasteiger partial charge in [0.1, 0.15) is 6.61 Å². The van der Waals surface area contributed by atoms with Crippen molar-refractivity contribution in [3.8, 4) is 0 Å². The molecule has 0 aliphatic carbocycles. The molecule has 0 saturated carbocycles. The van der Waals surface area contributed by atoms with Crippen molar-refractivity contribution in [2.45, 2.75) is 0 Å². The van der Waals surface area contributed by atoms with Crippen LogP contribution in [0.5, 0.6) is 0 Å². The highest BCUT2D eigenvalue weighted by Gasteiger charge is 2.21. The molecule has 9 heteroatoms. The van der Waals surface area contributed by atoms with E-state index < -0.39 is 0 Å². The van der Waals surface area contributed by atoms with E-state index in [0.717, 1.165) is 17.1 Å². The molecule has 7 nitrogen and oxygen atoms in total. The summed E-state index contributed by atoms with van der Waals surface area (Å²) in [5.74, 6) is -0.163. The summed E-state index contributed by atoms with van der Waals surface area (Å²) in [6, 6.07) is 11.3. The Kier molecular flexibility index (Phi) is 5.52. The molecule has 3 heterocycles. The second kappa shape index (κ2) is 8.22. The predicted octanol–water partition coefficient (Wildman–Crippen LogP) is 2.40. The number of carbonyl (C=O) groups excluding carboxylic acids is 2. The predicted molar refractivity (Wildman–Crippen MR) is 110 cm³/mol. The summed E-state index contributed by atoms with van der Waals surface area (Å²) in [5.41, 5.74) is 2.79. The average molecular weight is 419 g/mol. The molecule has 2 aromatic rings. The minimum atomic E-state index is -0.141. The average Bonchev–Trinajstić information content (AvgIpc) is 3.36. The number of hydrogen-bond donors (Lipinski definition) is 2. The summed E-state index contributed by atoms with van der Waals surface area (Å²) < 4.78 is 5.76. The smallest absolute Gasteiger partial charge is 0.261 e. The standard InChI is InChI=1S/C19H19ClN4O3S/c20-17-6-5-16(28-17)19(26)21-9-13-10-23(12-22-13)14-1-3-15(4-2-14)24-7-8-27-11-18(24)25/h1-6,10,22H,7-9,11-12H2,(H,21,26). The first-order chi connectivity index (χ1) is 13.6. The van der Waals surface area contributed by atoms with Gasteiger partial charge in [0.2, 0.25) is 0 Å². The van der Waals surface area contributed by atoms with Crippen molar-refractivity contribution in [3.05, 3.63) is 57.5 Å². The van der Waals surface area contributed by atoms with Crippen LogP contribution in [0.25, 0.3) is 0 Å². The molecule has 2 N–H and O–H groups in total. The number of thiophene rings is 1. The van der Waals surface area contributed by atoms with Crippen LogP contribution in [0.2, 0.25) is 4.34 Å². The number of morpholine rings is 1. The highest BCUT2D eigenvalue weighted by Crippen LogP contribution is 2.24. The summed E-state index contributed by atoms with van der Waals surface area (Å²) in [7, 11) is 0. The Bertz CT molecular complexity index is 912. The molecule has 1 fully saturated rings. The molecule has 28 heavy (non-hydrogen) atoms. The fraction of sp³-hybridized carbons (Fsp3) is 0.263. The van der Waals surface area contributed by atoms with Crippen LogP contribution in [-0.4, -0.2) is 44.8 Å². The van der Waals surface area contributed by atoms with Gasteiger partial charge in [-0.1, -0.05) is 11.6 Å². The van der Waals surface area contributed by atoms with Crippen LogP contribution in [0.1, 0.15) is 9.67 Å². The van der Waals surface area contributed by atoms with E-state index in [1.54, 1.807) is 17.0 Å². The second-order valence-electron chi connectivity index (χ2n) is 6.36. The van der Waals surface area contributed by atoms with Gasteiger partial charge in [-0.3, -0.25) is 9.59 Å². The molecular weight excluding hydrogens is 400 g/mol. The molecule has 1 aromatic heterocycles. The summed E-state index contributed by atoms with van der Waals surface area (Å²) in [5, 5.41) is 6.15. The van der Waals surface area contributed by atoms with Crippen molar-refractivity contribution in [1.29, 1.82) is 0 Å². The van der Waals surface area contributed by atoms with Crippen LogP contribution >= 0.6 is 22.9 Å². The van der Waals surface area contributed by atoms with Gasteiger partial charge in [-0.25, -0.2) is 0 Å². The first kappa shape index (κ1) is 18.8. The quantitative estimate of drug-likeness (QED) is 0.780. The van der Waals surface area contributed by atoms with Crippen molar-refractivity contribution in [1.82, 2.24) is 10.6 Å². The zero-order valence-corrected chi connectivity index (χ0v) is 16.6. The first-order valence-electron chi connectivity index (χ1n) is 8.83. The van der Waals surface area contributed by atoms with Gasteiger partial charge >= 0.3 is 0 Å². The monoisotopic (exact) mass is 418 g/mol. The molecule has 2 aliphatic heterocycles. The van der Waals surface area contributed by atoms with E-state index in [1.807, 2.05) is 30.5 Å². The molecule has 0 atom stereocenters. The Morgan fingerprint density at radius 3 is 2.71 bits per heavy atom. The van der Waals surface area contributed by atoms with E-state index in [0.29, 0.717) is 35.6 Å². The molecule has 1 aromatic carbocycles. The third kappa shape index (κ3) is 4.14. The summed E-state index contributed by atoms with van der Waals surface area (Å²) in [6.45, 7) is 2.28. The van der Waals surface area contributed by atoms with E-state index in [2.05, 4.69) is 15.5 Å². The third-order valence-corrected chi connectivity index (χ3v) is 5.73. The molecule has 2 amide bonds. The van der Waals surface area contributed by atoms with Crippen LogP contribution < -0.4 is 20.4 Å². The fourth-order valence-corrected chi connectivity index (χ4v) is 4.01. The lowest BCUT2D eigenvalue weighted by molar-refractivity contribution is -0.125. The molecule has 0 bridgehead atoms. The van der Waals surface area contributed by atoms with Crippen LogP contribution in [0.3, 0.4) is 0 Å². The lowest BCUT2D eigenvalue weighted by atomic mass is 10.2. The third-order valence-electron chi connectivity index (χ3n) is 4.50. The maximum atomic E-state index is 12.1. The SMILES string of the molecule is O=C(NCC1=CN(c2ccc(N3CCOCC3=O)cc2)CN1)c1ccc(Cl)s1. The number of nitrogens with zero attached hydrogens (tertiary/aromatic N) is 2. The van der Waals surface area contributed by atoms with Gasteiger partial charge in [-0.05, 0) is 36.4 Å². The maximum Gasteiger partial charge on any atom is 0.261 e. The molecule has 146 valence electrons. The number of nitrogens with one attached hydrogen (secondary N) is 2. The Morgan fingerprint density at radius 2 is 2.00 bits per heavy atom. The fourth-order valence-electron chi connectivity index (χ4n) is 3.05. The van der Waals surface area contributed by atoms with Gasteiger partial charge in [0.05, 0.1) is 29.0 Å². The minimum Gasteiger partial charge on any atom is -0.370 e. The number of rotatable bonds is 5. The topological polar surface area (TPSA) is 73.9 Å². The van der Waals surface area contributed by atoms with Crippen molar-refractivity contribution in [2.75, 3.05) is 42.8 Å². The molecule has 0 spiro atoms. The van der Waals surface area contributed by atoms with Crippen molar-refractivity contribution in [2.24, 2.45) is 0 Å². The van der Waals surface area contributed by atoms with Gasteiger partial charge in [-0.15, -0.1) is 11.3 Å². The van der Waals surface area contributed by atoms with E-state index in [9.17, 15) is 9.59 Å². The van der Waals surface area contributed by atoms with Crippen molar-refractivity contribution in [3.63, 3.8) is 0 Å². The van der Waals surface area contributed by atoms with E-state index >= 15 is 0 Å². The normalized spacial score (nSPS) is 16.8. The molecular formula is C19H19ClN4O3S. The highest BCUT2D eigenvalue weighted by molar-refractivity contribution is 7.18. The molecule has 1 saturated heterocycles. The maximum absolute atomic E-state index is 12.1. The van der Waals surface area contributed by atoms with E-state index in [1.165, 1.54) is 11.3 Å². The Morgan fingerprint density at radius 1 is 1.21 bits per heavy atom. The number of anilines is 2. The Hall–Kier alpha value is -2.55. The summed E-state index contributed by atoms with van der Waals surface area (Å²) in [4.78, 5) is 28.4. The van der Waals surface area contributed by atoms with Crippen LogP contribution in [0, 0.1) is 0 Å². The number of halogens is 1. The summed E-state index contributed by atoms with van der Waals surface area (Å²) >= 11 is 7.12. The second-order valence-corrected chi connectivity index (χ2v) is 8.07. The lowest BCUT2D eigenvalue weighted by Crippen LogP contribution is -2.41. The molecule has 2 aliphatic rings. The van der Waals surface area contributed by atoms with Crippen molar-refractivity contribution >= 4 is 46.1 Å². The van der Waals surface area contributed by atoms with Crippen LogP contribution in [0.4, 0.5) is 11.4 Å². The largest absolute Gasteiger partial charge is 0.370 e. The minimum absolute atomic E-state index is 0.0215. The van der Waals surface area contributed by atoms with Crippen LogP contribution in [0.15, 0.2) is 48.3 Å². The molecule has 0 unspecified atom stereocenters. The van der Waals surface area contributed by atoms with E-state index in [-0.39, 0.29) is 18.4 Å². The Balaban J connectivity index is 1.35. The molecule has 0 radical (unpaired) electrons. The Labute approximate surface area is 171 Å². The van der Waals surface area contributed by atoms with Gasteiger partial charge < -0.3 is 25.2 Å². The number of hydrogen-bond acceptors (Lipinski definition) is 6. The van der Waals surface area contributed by atoms with Gasteiger partial charge in [0, 0.05) is 29.8 Å². The van der Waals surface area contributed by atoms with E-state index in [4.69, 9.17) is 16.3 Å². The molecule has 4 rings (SSSR count). The zero-order valence-electron chi connectivity index (χ0n) is 15.0. The van der Waals surface area contributed by atoms with Crippen LogP contribution in [-0.2, 0) is 9.53 Å². The number of carbonyl (C=O) groups is 2. The number of ether oxygens (including phenoxy) is 1. The van der Waals surface area contributed by atoms with Gasteiger partial charge in [-0.2, -0.15) is 0 Å². The van der Waals surface area contributed by atoms with Crippen molar-refractivity contribution < 1.29 is 14.3 Å². The number of amides is 2. The lowest BCUT2D eigenvalue weighted by Gasteiger charge is -2.27. The zero-order chi connectivity index (χ0) is 19.5. The number of benzene rings is 1. The first-order valence-corrected chi connectivity index (χ1v) is 10.0. The highest BCUT2D eigenvalue weighted by atomic mass is 35.5.